The maximum Gasteiger partial charge on any atom is 0.0985 e. The summed E-state index contributed by atoms with van der Waals surface area (Å²) in [6, 6.07) is 5.57. The number of nitrogens with zero attached hydrogens (tertiary/aromatic N) is 2. The first-order valence-electron chi connectivity index (χ1n) is 5.97. The van der Waals surface area contributed by atoms with Gasteiger partial charge in [-0.05, 0) is 18.2 Å². The molecule has 2 aromatic rings. The summed E-state index contributed by atoms with van der Waals surface area (Å²) in [5.41, 5.74) is 10.8. The van der Waals surface area contributed by atoms with Crippen LogP contribution in [0.4, 0.5) is 5.69 Å². The van der Waals surface area contributed by atoms with Crippen molar-refractivity contribution in [2.24, 2.45) is 7.05 Å². The molecule has 1 aromatic carbocycles. The van der Waals surface area contributed by atoms with Crippen LogP contribution in [0.3, 0.4) is 0 Å². The summed E-state index contributed by atoms with van der Waals surface area (Å²) < 4.78 is 1.96. The standard InChI is InChI=1S/C13H15ClN4/c1-18-12-4-5-16-7-10(12)13(17-18)9-3-2-8(15)6-11(9)14/h2-3,6,16H,4-5,7,15H2,1H3. The van der Waals surface area contributed by atoms with E-state index in [9.17, 15) is 0 Å². The van der Waals surface area contributed by atoms with E-state index in [0.717, 1.165) is 30.8 Å². The Morgan fingerprint density at radius 1 is 1.44 bits per heavy atom. The minimum Gasteiger partial charge on any atom is -0.399 e. The predicted octanol–water partition coefficient (Wildman–Crippen LogP) is 1.97. The van der Waals surface area contributed by atoms with Crippen molar-refractivity contribution in [3.05, 3.63) is 34.5 Å². The Bertz CT molecular complexity index is 603. The number of benzene rings is 1. The number of nitrogen functional groups attached to an aromatic ring is 1. The molecule has 3 rings (SSSR count). The third-order valence-electron chi connectivity index (χ3n) is 3.36. The Morgan fingerprint density at radius 2 is 2.28 bits per heavy atom. The number of aromatic nitrogens is 2. The highest BCUT2D eigenvalue weighted by molar-refractivity contribution is 6.33. The Hall–Kier alpha value is -1.52. The van der Waals surface area contributed by atoms with Gasteiger partial charge in [-0.2, -0.15) is 5.10 Å². The Morgan fingerprint density at radius 3 is 3.06 bits per heavy atom. The minimum absolute atomic E-state index is 0.654. The van der Waals surface area contributed by atoms with Gasteiger partial charge in [0.25, 0.3) is 0 Å². The molecular formula is C13H15ClN4. The summed E-state index contributed by atoms with van der Waals surface area (Å²) in [6.07, 6.45) is 1.01. The molecule has 0 atom stereocenters. The van der Waals surface area contributed by atoms with Crippen molar-refractivity contribution in [2.75, 3.05) is 12.3 Å². The van der Waals surface area contributed by atoms with Gasteiger partial charge in [-0.25, -0.2) is 0 Å². The van der Waals surface area contributed by atoms with Crippen LogP contribution in [0.5, 0.6) is 0 Å². The summed E-state index contributed by atoms with van der Waals surface area (Å²) in [6.45, 7) is 1.85. The fourth-order valence-corrected chi connectivity index (χ4v) is 2.74. The lowest BCUT2D eigenvalue weighted by Gasteiger charge is -2.14. The molecule has 5 heteroatoms. The van der Waals surface area contributed by atoms with E-state index in [-0.39, 0.29) is 0 Å². The molecule has 1 aliphatic rings. The summed E-state index contributed by atoms with van der Waals surface area (Å²) >= 11 is 6.27. The Labute approximate surface area is 111 Å². The third kappa shape index (κ3) is 1.78. The van der Waals surface area contributed by atoms with E-state index in [1.54, 1.807) is 6.07 Å². The second-order valence-electron chi connectivity index (χ2n) is 4.56. The van der Waals surface area contributed by atoms with Crippen molar-refractivity contribution < 1.29 is 0 Å². The molecule has 1 aromatic heterocycles. The van der Waals surface area contributed by atoms with E-state index in [1.165, 1.54) is 11.3 Å². The van der Waals surface area contributed by atoms with Gasteiger partial charge in [0, 0.05) is 49.1 Å². The van der Waals surface area contributed by atoms with Crippen molar-refractivity contribution in [1.29, 1.82) is 0 Å². The van der Waals surface area contributed by atoms with Crippen LogP contribution in [0, 0.1) is 0 Å². The van der Waals surface area contributed by atoms with Gasteiger partial charge in [-0.3, -0.25) is 4.68 Å². The molecule has 0 saturated heterocycles. The Balaban J connectivity index is 2.17. The van der Waals surface area contributed by atoms with Crippen molar-refractivity contribution in [2.45, 2.75) is 13.0 Å². The highest BCUT2D eigenvalue weighted by Gasteiger charge is 2.21. The molecule has 0 amide bonds. The van der Waals surface area contributed by atoms with Gasteiger partial charge >= 0.3 is 0 Å². The molecule has 18 heavy (non-hydrogen) atoms. The largest absolute Gasteiger partial charge is 0.399 e. The molecule has 0 fully saturated rings. The molecule has 0 spiro atoms. The van der Waals surface area contributed by atoms with E-state index < -0.39 is 0 Å². The summed E-state index contributed by atoms with van der Waals surface area (Å²) in [5.74, 6) is 0. The third-order valence-corrected chi connectivity index (χ3v) is 3.68. The number of rotatable bonds is 1. The van der Waals surface area contributed by atoms with Crippen LogP contribution in [-0.4, -0.2) is 16.3 Å². The highest BCUT2D eigenvalue weighted by Crippen LogP contribution is 2.33. The fraction of sp³-hybridized carbons (Fsp3) is 0.308. The lowest BCUT2D eigenvalue weighted by molar-refractivity contribution is 0.604. The van der Waals surface area contributed by atoms with Crippen LogP contribution in [-0.2, 0) is 20.0 Å². The first-order valence-corrected chi connectivity index (χ1v) is 6.35. The molecule has 0 aliphatic carbocycles. The first kappa shape index (κ1) is 11.6. The minimum atomic E-state index is 0.654. The number of nitrogens with two attached hydrogens (primary N) is 1. The van der Waals surface area contributed by atoms with Crippen LogP contribution in [0.15, 0.2) is 18.2 Å². The SMILES string of the molecule is Cn1nc(-c2ccc(N)cc2Cl)c2c1CCNC2. The highest BCUT2D eigenvalue weighted by atomic mass is 35.5. The summed E-state index contributed by atoms with van der Waals surface area (Å²) in [5, 5.41) is 8.63. The first-order chi connectivity index (χ1) is 8.66. The molecule has 0 bridgehead atoms. The zero-order chi connectivity index (χ0) is 12.7. The second kappa shape index (κ2) is 4.30. The topological polar surface area (TPSA) is 55.9 Å². The van der Waals surface area contributed by atoms with Crippen LogP contribution in [0.25, 0.3) is 11.3 Å². The zero-order valence-electron chi connectivity index (χ0n) is 10.2. The number of halogens is 1. The molecule has 0 saturated carbocycles. The summed E-state index contributed by atoms with van der Waals surface area (Å²) in [4.78, 5) is 0. The monoisotopic (exact) mass is 262 g/mol. The van der Waals surface area contributed by atoms with Crippen molar-refractivity contribution >= 4 is 17.3 Å². The zero-order valence-corrected chi connectivity index (χ0v) is 11.0. The van der Waals surface area contributed by atoms with Crippen LogP contribution >= 0.6 is 11.6 Å². The second-order valence-corrected chi connectivity index (χ2v) is 4.97. The van der Waals surface area contributed by atoms with E-state index in [1.807, 2.05) is 23.9 Å². The van der Waals surface area contributed by atoms with Gasteiger partial charge in [0.05, 0.1) is 10.7 Å². The quantitative estimate of drug-likeness (QED) is 0.773. The van der Waals surface area contributed by atoms with Crippen molar-refractivity contribution in [1.82, 2.24) is 15.1 Å². The van der Waals surface area contributed by atoms with Crippen molar-refractivity contribution in [3.63, 3.8) is 0 Å². The number of hydrogen-bond acceptors (Lipinski definition) is 3. The predicted molar refractivity (Wildman–Crippen MR) is 73.5 cm³/mol. The lowest BCUT2D eigenvalue weighted by Crippen LogP contribution is -2.24. The van der Waals surface area contributed by atoms with E-state index in [0.29, 0.717) is 10.7 Å². The van der Waals surface area contributed by atoms with E-state index in [2.05, 4.69) is 10.4 Å². The summed E-state index contributed by atoms with van der Waals surface area (Å²) in [7, 11) is 1.98. The number of fused-ring (bicyclic) bond motifs is 1. The average Bonchev–Trinajstić information content (AvgIpc) is 2.68. The number of nitrogens with one attached hydrogen (secondary N) is 1. The maximum atomic E-state index is 6.27. The smallest absolute Gasteiger partial charge is 0.0985 e. The van der Waals surface area contributed by atoms with Gasteiger partial charge in [0.1, 0.15) is 0 Å². The molecule has 0 radical (unpaired) electrons. The normalized spacial score (nSPS) is 14.6. The number of hydrogen-bond donors (Lipinski definition) is 2. The Kier molecular flexibility index (Phi) is 2.76. The van der Waals surface area contributed by atoms with Crippen LogP contribution in [0.2, 0.25) is 5.02 Å². The van der Waals surface area contributed by atoms with Crippen molar-refractivity contribution in [3.8, 4) is 11.3 Å². The lowest BCUT2D eigenvalue weighted by atomic mass is 10.0. The maximum absolute atomic E-state index is 6.27. The number of aryl methyl sites for hydroxylation is 1. The molecule has 3 N–H and O–H groups in total. The molecule has 2 heterocycles. The van der Waals surface area contributed by atoms with E-state index in [4.69, 9.17) is 17.3 Å². The van der Waals surface area contributed by atoms with Gasteiger partial charge in [0.15, 0.2) is 0 Å². The molecule has 4 nitrogen and oxygen atoms in total. The van der Waals surface area contributed by atoms with Gasteiger partial charge in [-0.15, -0.1) is 0 Å². The van der Waals surface area contributed by atoms with E-state index >= 15 is 0 Å². The molecular weight excluding hydrogens is 248 g/mol. The van der Waals surface area contributed by atoms with Gasteiger partial charge in [-0.1, -0.05) is 11.6 Å². The van der Waals surface area contributed by atoms with Gasteiger partial charge in [0.2, 0.25) is 0 Å². The van der Waals surface area contributed by atoms with Crippen LogP contribution in [0.1, 0.15) is 11.3 Å². The number of anilines is 1. The molecule has 1 aliphatic heterocycles. The van der Waals surface area contributed by atoms with Crippen LogP contribution < -0.4 is 11.1 Å². The average molecular weight is 263 g/mol. The van der Waals surface area contributed by atoms with Gasteiger partial charge < -0.3 is 11.1 Å². The fourth-order valence-electron chi connectivity index (χ4n) is 2.46. The molecule has 0 unspecified atom stereocenters. The molecule has 94 valence electrons.